The third kappa shape index (κ3) is 5.16. The Hall–Kier alpha value is -1.64. The number of aliphatic hydroxyl groups excluding tert-OH is 1. The normalized spacial score (nSPS) is 11.2. The van der Waals surface area contributed by atoms with E-state index in [9.17, 15) is 13.2 Å². The summed E-state index contributed by atoms with van der Waals surface area (Å²) in [5, 5.41) is 8.75. The lowest BCUT2D eigenvalue weighted by Crippen LogP contribution is -2.17. The third-order valence-corrected chi connectivity index (χ3v) is 2.47. The van der Waals surface area contributed by atoms with Crippen LogP contribution >= 0.6 is 0 Å². The Morgan fingerprint density at radius 3 is 2.50 bits per heavy atom. The number of hydrogen-bond donors (Lipinski definition) is 3. The molecular weight excluding hydrogens is 284 g/mol. The van der Waals surface area contributed by atoms with Gasteiger partial charge in [-0.3, -0.25) is 9.12 Å². The molecule has 0 aliphatic heterocycles. The van der Waals surface area contributed by atoms with Gasteiger partial charge in [0.25, 0.3) is 10.1 Å². The van der Waals surface area contributed by atoms with Gasteiger partial charge in [-0.25, -0.2) is 4.79 Å². The lowest BCUT2D eigenvalue weighted by Gasteiger charge is -2.01. The van der Waals surface area contributed by atoms with Gasteiger partial charge >= 0.3 is 5.69 Å². The van der Waals surface area contributed by atoms with E-state index in [2.05, 4.69) is 4.98 Å². The fourth-order valence-electron chi connectivity index (χ4n) is 1.73. The summed E-state index contributed by atoms with van der Waals surface area (Å²) in [6.45, 7) is 2.65. The highest BCUT2D eigenvalue weighted by atomic mass is 32.2. The van der Waals surface area contributed by atoms with Crippen molar-refractivity contribution in [2.45, 2.75) is 19.9 Å². The minimum atomic E-state index is -3.67. The maximum atomic E-state index is 11.6. The van der Waals surface area contributed by atoms with Gasteiger partial charge in [0, 0.05) is 13.2 Å². The Kier molecular flexibility index (Phi) is 5.49. The number of aromatic amines is 1. The number of H-pyrrole nitrogens is 1. The monoisotopic (exact) mass is 302 g/mol. The highest BCUT2D eigenvalue weighted by Gasteiger charge is 2.05. The van der Waals surface area contributed by atoms with Gasteiger partial charge in [0.15, 0.2) is 0 Å². The molecule has 1 aromatic heterocycles. The molecule has 2 rings (SSSR count). The second kappa shape index (κ2) is 6.69. The first kappa shape index (κ1) is 16.4. The molecule has 1 heterocycles. The van der Waals surface area contributed by atoms with Crippen LogP contribution in [0.4, 0.5) is 0 Å². The average molecular weight is 302 g/mol. The van der Waals surface area contributed by atoms with Gasteiger partial charge in [0.2, 0.25) is 0 Å². The highest BCUT2D eigenvalue weighted by Crippen LogP contribution is 2.12. The molecule has 3 N–H and O–H groups in total. The van der Waals surface area contributed by atoms with Crippen LogP contribution in [0.25, 0.3) is 11.0 Å². The SMILES string of the molecule is CS(=O)(=O)O.Cc1ccc2c(c1)[nH]c(=O)n2CCCO. The van der Waals surface area contributed by atoms with Crippen molar-refractivity contribution < 1.29 is 18.1 Å². The van der Waals surface area contributed by atoms with Crippen LogP contribution in [0.5, 0.6) is 0 Å². The lowest BCUT2D eigenvalue weighted by molar-refractivity contribution is 0.280. The van der Waals surface area contributed by atoms with Gasteiger partial charge in [-0.05, 0) is 31.0 Å². The van der Waals surface area contributed by atoms with Crippen molar-refractivity contribution in [3.63, 3.8) is 0 Å². The fourth-order valence-corrected chi connectivity index (χ4v) is 1.73. The van der Waals surface area contributed by atoms with E-state index < -0.39 is 10.1 Å². The summed E-state index contributed by atoms with van der Waals surface area (Å²) in [4.78, 5) is 14.4. The number of benzene rings is 1. The molecule has 0 aliphatic rings. The topological polar surface area (TPSA) is 112 Å². The van der Waals surface area contributed by atoms with E-state index in [-0.39, 0.29) is 12.3 Å². The number of aromatic nitrogens is 2. The van der Waals surface area contributed by atoms with Gasteiger partial charge in [0.1, 0.15) is 0 Å². The summed E-state index contributed by atoms with van der Waals surface area (Å²) in [7, 11) is -3.67. The van der Waals surface area contributed by atoms with Crippen molar-refractivity contribution in [3.8, 4) is 0 Å². The van der Waals surface area contributed by atoms with Crippen molar-refractivity contribution in [3.05, 3.63) is 34.2 Å². The molecule has 2 aromatic rings. The molecule has 20 heavy (non-hydrogen) atoms. The molecule has 112 valence electrons. The number of hydrogen-bond acceptors (Lipinski definition) is 4. The van der Waals surface area contributed by atoms with Gasteiger partial charge in [-0.2, -0.15) is 8.42 Å². The zero-order chi connectivity index (χ0) is 15.3. The predicted octanol–water partition coefficient (Wildman–Crippen LogP) is 0.524. The molecule has 0 bridgehead atoms. The van der Waals surface area contributed by atoms with E-state index in [1.54, 1.807) is 4.57 Å². The standard InChI is InChI=1S/C11H14N2O2.CH4O3S/c1-8-3-4-10-9(7-8)12-11(15)13(10)5-2-6-14;1-5(2,3)4/h3-4,7,14H,2,5-6H2,1H3,(H,12,15);1H3,(H,2,3,4). The van der Waals surface area contributed by atoms with Crippen LogP contribution in [-0.4, -0.2) is 40.5 Å². The van der Waals surface area contributed by atoms with Crippen LogP contribution in [0, 0.1) is 6.92 Å². The van der Waals surface area contributed by atoms with Crippen LogP contribution in [-0.2, 0) is 16.7 Å². The molecule has 8 heteroatoms. The number of nitrogens with zero attached hydrogens (tertiary/aromatic N) is 1. The smallest absolute Gasteiger partial charge is 0.326 e. The van der Waals surface area contributed by atoms with E-state index >= 15 is 0 Å². The molecule has 0 spiro atoms. The van der Waals surface area contributed by atoms with E-state index in [0.717, 1.165) is 16.6 Å². The Morgan fingerprint density at radius 1 is 1.35 bits per heavy atom. The predicted molar refractivity (Wildman–Crippen MR) is 76.5 cm³/mol. The summed E-state index contributed by atoms with van der Waals surface area (Å²) in [6.07, 6.45) is 1.31. The molecule has 0 amide bonds. The van der Waals surface area contributed by atoms with E-state index in [4.69, 9.17) is 9.66 Å². The van der Waals surface area contributed by atoms with Crippen LogP contribution in [0.3, 0.4) is 0 Å². The minimum absolute atomic E-state index is 0.102. The van der Waals surface area contributed by atoms with E-state index in [1.165, 1.54) is 0 Å². The molecule has 0 radical (unpaired) electrons. The van der Waals surface area contributed by atoms with E-state index in [0.29, 0.717) is 19.2 Å². The molecule has 1 aromatic carbocycles. The summed E-state index contributed by atoms with van der Waals surface area (Å²) in [5.41, 5.74) is 2.78. The summed E-state index contributed by atoms with van der Waals surface area (Å²) < 4.78 is 27.5. The van der Waals surface area contributed by atoms with Crippen molar-refractivity contribution in [2.24, 2.45) is 0 Å². The van der Waals surface area contributed by atoms with Gasteiger partial charge in [-0.1, -0.05) is 6.07 Å². The van der Waals surface area contributed by atoms with Crippen LogP contribution in [0.15, 0.2) is 23.0 Å². The number of fused-ring (bicyclic) bond motifs is 1. The summed E-state index contributed by atoms with van der Waals surface area (Å²) in [6, 6.07) is 5.86. The second-order valence-corrected chi connectivity index (χ2v) is 5.88. The fraction of sp³-hybridized carbons (Fsp3) is 0.417. The summed E-state index contributed by atoms with van der Waals surface area (Å²) >= 11 is 0. The third-order valence-electron chi connectivity index (χ3n) is 2.47. The Bertz CT molecular complexity index is 722. The van der Waals surface area contributed by atoms with Crippen LogP contribution < -0.4 is 5.69 Å². The van der Waals surface area contributed by atoms with Crippen molar-refractivity contribution in [1.29, 1.82) is 0 Å². The number of imidazole rings is 1. The molecule has 0 saturated heterocycles. The molecule has 0 fully saturated rings. The molecule has 0 aliphatic carbocycles. The largest absolute Gasteiger partial charge is 0.396 e. The quantitative estimate of drug-likeness (QED) is 0.716. The lowest BCUT2D eigenvalue weighted by atomic mass is 10.2. The van der Waals surface area contributed by atoms with Gasteiger partial charge in [-0.15, -0.1) is 0 Å². The van der Waals surface area contributed by atoms with E-state index in [1.807, 2.05) is 25.1 Å². The van der Waals surface area contributed by atoms with Gasteiger partial charge in [0.05, 0.1) is 17.3 Å². The van der Waals surface area contributed by atoms with Gasteiger partial charge < -0.3 is 10.1 Å². The van der Waals surface area contributed by atoms with Crippen molar-refractivity contribution in [2.75, 3.05) is 12.9 Å². The zero-order valence-corrected chi connectivity index (χ0v) is 12.1. The number of rotatable bonds is 3. The molecule has 0 saturated carbocycles. The highest BCUT2D eigenvalue weighted by molar-refractivity contribution is 7.85. The number of nitrogens with one attached hydrogen (secondary N) is 1. The molecule has 0 unspecified atom stereocenters. The van der Waals surface area contributed by atoms with Crippen LogP contribution in [0.2, 0.25) is 0 Å². The molecule has 7 nitrogen and oxygen atoms in total. The van der Waals surface area contributed by atoms with Crippen molar-refractivity contribution >= 4 is 21.2 Å². The Balaban J connectivity index is 0.000000347. The number of aliphatic hydroxyl groups is 1. The zero-order valence-electron chi connectivity index (χ0n) is 11.3. The minimum Gasteiger partial charge on any atom is -0.396 e. The Labute approximate surface area is 116 Å². The second-order valence-electron chi connectivity index (χ2n) is 4.41. The maximum Gasteiger partial charge on any atom is 0.326 e. The number of aryl methyl sites for hydroxylation is 2. The summed E-state index contributed by atoms with van der Waals surface area (Å²) in [5.74, 6) is 0. The van der Waals surface area contributed by atoms with Crippen molar-refractivity contribution in [1.82, 2.24) is 9.55 Å². The maximum absolute atomic E-state index is 11.6. The first-order valence-electron chi connectivity index (χ1n) is 5.95. The molecular formula is C12H18N2O5S. The first-order chi connectivity index (χ1) is 9.22. The first-order valence-corrected chi connectivity index (χ1v) is 7.79. The van der Waals surface area contributed by atoms with Crippen LogP contribution in [0.1, 0.15) is 12.0 Å². The Morgan fingerprint density at radius 2 is 1.95 bits per heavy atom. The molecule has 0 atom stereocenters. The average Bonchev–Trinajstić information content (AvgIpc) is 2.59.